The molecule has 0 bridgehead atoms. The van der Waals surface area contributed by atoms with E-state index in [9.17, 15) is 4.39 Å². The van der Waals surface area contributed by atoms with Crippen molar-refractivity contribution < 1.29 is 9.13 Å². The van der Waals surface area contributed by atoms with Gasteiger partial charge in [-0.05, 0) is 36.2 Å². The van der Waals surface area contributed by atoms with Crippen LogP contribution in [0, 0.1) is 12.7 Å². The number of nitrogens with one attached hydrogen (secondary N) is 1. The monoisotopic (exact) mass is 278 g/mol. The molecule has 5 nitrogen and oxygen atoms in total. The average molecular weight is 279 g/mol. The smallest absolute Gasteiger partial charge is 0.234 e. The highest BCUT2D eigenvalue weighted by atomic mass is 35.5. The van der Waals surface area contributed by atoms with Gasteiger partial charge in [-0.1, -0.05) is 6.07 Å². The Morgan fingerprint density at radius 1 is 1.32 bits per heavy atom. The molecular weight excluding hydrogens is 271 g/mol. The number of benzene rings is 1. The predicted molar refractivity (Wildman–Crippen MR) is 67.9 cm³/mol. The topological polar surface area (TPSA) is 63.7 Å². The summed E-state index contributed by atoms with van der Waals surface area (Å²) in [7, 11) is 0. The number of aryl methyl sites for hydroxylation is 1. The van der Waals surface area contributed by atoms with Crippen LogP contribution in [0.5, 0.6) is 11.6 Å². The van der Waals surface area contributed by atoms with Crippen molar-refractivity contribution in [2.24, 2.45) is 0 Å². The number of hydrogen-bond acceptors (Lipinski definition) is 4. The van der Waals surface area contributed by atoms with Crippen LogP contribution in [0.2, 0.25) is 5.28 Å². The number of H-pyrrole nitrogens is 1. The molecule has 0 saturated carbocycles. The second-order valence-electron chi connectivity index (χ2n) is 3.97. The summed E-state index contributed by atoms with van der Waals surface area (Å²) in [5, 5.41) is 7.01. The number of fused-ring (bicyclic) bond motifs is 1. The molecule has 2 aromatic heterocycles. The number of aromatic amines is 1. The van der Waals surface area contributed by atoms with E-state index in [1.165, 1.54) is 12.3 Å². The first-order chi connectivity index (χ1) is 9.13. The maximum Gasteiger partial charge on any atom is 0.234 e. The molecule has 0 radical (unpaired) electrons. The van der Waals surface area contributed by atoms with Gasteiger partial charge in [0.1, 0.15) is 5.39 Å². The molecule has 0 spiro atoms. The normalized spacial score (nSPS) is 10.9. The van der Waals surface area contributed by atoms with E-state index in [2.05, 4.69) is 20.2 Å². The molecule has 3 aromatic rings. The predicted octanol–water partition coefficient (Wildman–Crippen LogP) is 3.25. The third-order valence-electron chi connectivity index (χ3n) is 2.54. The Balaban J connectivity index is 2.10. The second-order valence-corrected chi connectivity index (χ2v) is 4.30. The number of hydrogen-bond donors (Lipinski definition) is 1. The van der Waals surface area contributed by atoms with Gasteiger partial charge in [-0.15, -0.1) is 0 Å². The molecule has 1 aromatic carbocycles. The zero-order valence-corrected chi connectivity index (χ0v) is 10.6. The van der Waals surface area contributed by atoms with Crippen LogP contribution in [-0.4, -0.2) is 20.2 Å². The fourth-order valence-corrected chi connectivity index (χ4v) is 1.81. The van der Waals surface area contributed by atoms with Crippen molar-refractivity contribution in [2.45, 2.75) is 6.92 Å². The Morgan fingerprint density at radius 2 is 2.16 bits per heavy atom. The SMILES string of the molecule is Cc1ccc(F)c(Oc2nc(Cl)nc3[nH]ncc23)c1. The van der Waals surface area contributed by atoms with Crippen LogP contribution in [0.25, 0.3) is 11.0 Å². The van der Waals surface area contributed by atoms with Crippen LogP contribution in [0.3, 0.4) is 0 Å². The number of halogens is 2. The number of ether oxygens (including phenoxy) is 1. The van der Waals surface area contributed by atoms with Crippen LogP contribution < -0.4 is 4.74 Å². The molecule has 0 aliphatic heterocycles. The fraction of sp³-hybridized carbons (Fsp3) is 0.0833. The van der Waals surface area contributed by atoms with Gasteiger partial charge in [-0.3, -0.25) is 5.10 Å². The van der Waals surface area contributed by atoms with Crippen molar-refractivity contribution in [3.63, 3.8) is 0 Å². The van der Waals surface area contributed by atoms with Crippen molar-refractivity contribution in [1.82, 2.24) is 20.2 Å². The van der Waals surface area contributed by atoms with Crippen LogP contribution in [0.4, 0.5) is 4.39 Å². The van der Waals surface area contributed by atoms with E-state index >= 15 is 0 Å². The highest BCUT2D eigenvalue weighted by Gasteiger charge is 2.13. The lowest BCUT2D eigenvalue weighted by Gasteiger charge is -2.07. The third-order valence-corrected chi connectivity index (χ3v) is 2.71. The maximum absolute atomic E-state index is 13.7. The summed E-state index contributed by atoms with van der Waals surface area (Å²) < 4.78 is 19.1. The summed E-state index contributed by atoms with van der Waals surface area (Å²) in [6.45, 7) is 1.84. The zero-order valence-electron chi connectivity index (χ0n) is 9.82. The molecule has 3 rings (SSSR count). The number of nitrogens with zero attached hydrogens (tertiary/aromatic N) is 3. The van der Waals surface area contributed by atoms with Crippen molar-refractivity contribution >= 4 is 22.6 Å². The third kappa shape index (κ3) is 2.22. The van der Waals surface area contributed by atoms with Crippen molar-refractivity contribution in [3.05, 3.63) is 41.1 Å². The van der Waals surface area contributed by atoms with E-state index in [1.807, 2.05) is 6.92 Å². The first-order valence-electron chi connectivity index (χ1n) is 5.44. The lowest BCUT2D eigenvalue weighted by atomic mass is 10.2. The quantitative estimate of drug-likeness (QED) is 0.731. The standard InChI is InChI=1S/C12H8ClFN4O/c1-6-2-3-8(14)9(4-6)19-11-7-5-15-18-10(7)16-12(13)17-11/h2-5H,1H3,(H,15,16,17,18). The number of rotatable bonds is 2. The molecule has 0 unspecified atom stereocenters. The summed E-state index contributed by atoms with van der Waals surface area (Å²) in [5.74, 6) is -0.234. The first-order valence-corrected chi connectivity index (χ1v) is 5.82. The van der Waals surface area contributed by atoms with Gasteiger partial charge in [0.15, 0.2) is 17.2 Å². The minimum Gasteiger partial charge on any atom is -0.435 e. The first kappa shape index (κ1) is 11.9. The van der Waals surface area contributed by atoms with Crippen molar-refractivity contribution in [3.8, 4) is 11.6 Å². The Morgan fingerprint density at radius 3 is 3.00 bits per heavy atom. The molecular formula is C12H8ClFN4O. The molecule has 7 heteroatoms. The van der Waals surface area contributed by atoms with E-state index in [0.29, 0.717) is 11.0 Å². The molecule has 96 valence electrons. The van der Waals surface area contributed by atoms with Crippen molar-refractivity contribution in [1.29, 1.82) is 0 Å². The van der Waals surface area contributed by atoms with Gasteiger partial charge in [-0.2, -0.15) is 15.1 Å². The Bertz CT molecular complexity index is 759. The van der Waals surface area contributed by atoms with E-state index in [1.54, 1.807) is 12.1 Å². The van der Waals surface area contributed by atoms with Crippen LogP contribution in [0.1, 0.15) is 5.56 Å². The van der Waals surface area contributed by atoms with Crippen LogP contribution >= 0.6 is 11.6 Å². The molecule has 1 N–H and O–H groups in total. The Labute approximate surface area is 112 Å². The van der Waals surface area contributed by atoms with Gasteiger partial charge in [-0.25, -0.2) is 4.39 Å². The molecule has 0 aliphatic rings. The van der Waals surface area contributed by atoms with Gasteiger partial charge >= 0.3 is 0 Å². The fourth-order valence-electron chi connectivity index (χ4n) is 1.65. The summed E-state index contributed by atoms with van der Waals surface area (Å²) >= 11 is 5.77. The van der Waals surface area contributed by atoms with E-state index in [4.69, 9.17) is 16.3 Å². The lowest BCUT2D eigenvalue weighted by molar-refractivity contribution is 0.431. The Hall–Kier alpha value is -2.21. The lowest BCUT2D eigenvalue weighted by Crippen LogP contribution is -1.94. The molecule has 2 heterocycles. The summed E-state index contributed by atoms with van der Waals surface area (Å²) in [6.07, 6.45) is 1.49. The number of aromatic nitrogens is 4. The molecule has 0 saturated heterocycles. The minimum absolute atomic E-state index is 0.000175. The van der Waals surface area contributed by atoms with Gasteiger partial charge in [0.05, 0.1) is 6.20 Å². The second kappa shape index (κ2) is 4.47. The van der Waals surface area contributed by atoms with Gasteiger partial charge in [0, 0.05) is 0 Å². The average Bonchev–Trinajstić information content (AvgIpc) is 2.82. The highest BCUT2D eigenvalue weighted by Crippen LogP contribution is 2.29. The van der Waals surface area contributed by atoms with Gasteiger partial charge in [0.2, 0.25) is 11.2 Å². The van der Waals surface area contributed by atoms with E-state index in [0.717, 1.165) is 5.56 Å². The van der Waals surface area contributed by atoms with Gasteiger partial charge < -0.3 is 4.74 Å². The maximum atomic E-state index is 13.7. The molecule has 0 fully saturated rings. The van der Waals surface area contributed by atoms with Gasteiger partial charge in [0.25, 0.3) is 0 Å². The zero-order chi connectivity index (χ0) is 13.4. The summed E-state index contributed by atoms with van der Waals surface area (Å²) in [6, 6.07) is 4.57. The van der Waals surface area contributed by atoms with E-state index < -0.39 is 5.82 Å². The summed E-state index contributed by atoms with van der Waals surface area (Å²) in [5.41, 5.74) is 1.31. The summed E-state index contributed by atoms with van der Waals surface area (Å²) in [4.78, 5) is 7.89. The molecule has 0 atom stereocenters. The molecule has 0 amide bonds. The molecule has 19 heavy (non-hydrogen) atoms. The van der Waals surface area contributed by atoms with Crippen molar-refractivity contribution in [2.75, 3.05) is 0 Å². The van der Waals surface area contributed by atoms with E-state index in [-0.39, 0.29) is 16.9 Å². The Kier molecular flexibility index (Phi) is 2.79. The largest absolute Gasteiger partial charge is 0.435 e. The minimum atomic E-state index is -0.475. The van der Waals surface area contributed by atoms with Crippen LogP contribution in [0.15, 0.2) is 24.4 Å². The molecule has 0 aliphatic carbocycles. The highest BCUT2D eigenvalue weighted by molar-refractivity contribution is 6.28. The van der Waals surface area contributed by atoms with Crippen LogP contribution in [-0.2, 0) is 0 Å².